The van der Waals surface area contributed by atoms with Crippen molar-refractivity contribution in [3.05, 3.63) is 0 Å². The predicted molar refractivity (Wildman–Crippen MR) is 109 cm³/mol. The molecule has 178 valence electrons. The fourth-order valence-electron chi connectivity index (χ4n) is 2.50. The van der Waals surface area contributed by atoms with Crippen LogP contribution in [0.25, 0.3) is 0 Å². The van der Waals surface area contributed by atoms with Gasteiger partial charge in [-0.1, -0.05) is 6.42 Å². The Labute approximate surface area is 179 Å². The van der Waals surface area contributed by atoms with Gasteiger partial charge in [0.1, 0.15) is 18.1 Å². The van der Waals surface area contributed by atoms with Crippen LogP contribution in [0.15, 0.2) is 0 Å². The first kappa shape index (κ1) is 28.2. The highest BCUT2D eigenvalue weighted by Crippen LogP contribution is 2.02. The monoisotopic (exact) mass is 447 g/mol. The molecule has 0 bridgehead atoms. The number of aliphatic carboxylic acids is 2. The number of nitrogens with two attached hydrogens (primary N) is 2. The Kier molecular flexibility index (Phi) is 13.0. The van der Waals surface area contributed by atoms with Crippen molar-refractivity contribution in [2.75, 3.05) is 6.54 Å². The highest BCUT2D eigenvalue weighted by molar-refractivity contribution is 5.94. The first-order chi connectivity index (χ1) is 14.4. The van der Waals surface area contributed by atoms with Crippen LogP contribution < -0.4 is 27.4 Å². The largest absolute Gasteiger partial charge is 0.481 e. The van der Waals surface area contributed by atoms with Gasteiger partial charge in [0, 0.05) is 6.42 Å². The lowest BCUT2D eigenvalue weighted by Gasteiger charge is -2.25. The molecule has 0 aromatic heterocycles. The van der Waals surface area contributed by atoms with Gasteiger partial charge in [-0.15, -0.1) is 0 Å². The van der Waals surface area contributed by atoms with Gasteiger partial charge in [-0.3, -0.25) is 19.2 Å². The molecule has 13 nitrogen and oxygen atoms in total. The second-order valence-electron chi connectivity index (χ2n) is 7.18. The molecule has 31 heavy (non-hydrogen) atoms. The number of carbonyl (C=O) groups excluding carboxylic acids is 3. The van der Waals surface area contributed by atoms with Crippen molar-refractivity contribution in [3.63, 3.8) is 0 Å². The molecule has 0 fully saturated rings. The molecular weight excluding hydrogens is 414 g/mol. The third-order valence-electron chi connectivity index (χ3n) is 4.38. The number of aliphatic hydroxyl groups excluding tert-OH is 1. The van der Waals surface area contributed by atoms with Crippen molar-refractivity contribution in [1.82, 2.24) is 16.0 Å². The molecule has 0 radical (unpaired) electrons. The van der Waals surface area contributed by atoms with E-state index in [1.54, 1.807) is 0 Å². The van der Waals surface area contributed by atoms with E-state index in [-0.39, 0.29) is 6.42 Å². The molecule has 10 N–H and O–H groups in total. The highest BCUT2D eigenvalue weighted by Gasteiger charge is 2.30. The summed E-state index contributed by atoms with van der Waals surface area (Å²) in [5.41, 5.74) is 11.1. The Balaban J connectivity index is 4.91. The first-order valence-electron chi connectivity index (χ1n) is 9.90. The fourth-order valence-corrected chi connectivity index (χ4v) is 2.50. The maximum Gasteiger partial charge on any atom is 0.326 e. The van der Waals surface area contributed by atoms with Crippen LogP contribution in [0, 0.1) is 0 Å². The summed E-state index contributed by atoms with van der Waals surface area (Å²) in [6.45, 7) is 2.98. The van der Waals surface area contributed by atoms with Crippen molar-refractivity contribution in [2.24, 2.45) is 11.5 Å². The van der Waals surface area contributed by atoms with Crippen molar-refractivity contribution in [1.29, 1.82) is 0 Å². The Morgan fingerprint density at radius 3 is 1.97 bits per heavy atom. The molecule has 0 aliphatic carbocycles. The zero-order valence-electron chi connectivity index (χ0n) is 17.7. The van der Waals surface area contributed by atoms with Gasteiger partial charge in [0.2, 0.25) is 17.7 Å². The molecule has 3 amide bonds. The van der Waals surface area contributed by atoms with E-state index in [0.29, 0.717) is 25.8 Å². The average molecular weight is 447 g/mol. The molecule has 5 atom stereocenters. The second kappa shape index (κ2) is 14.3. The number of carboxylic acids is 2. The van der Waals surface area contributed by atoms with Crippen LogP contribution in [0.2, 0.25) is 0 Å². The zero-order chi connectivity index (χ0) is 24.1. The highest BCUT2D eigenvalue weighted by atomic mass is 16.4. The van der Waals surface area contributed by atoms with Gasteiger partial charge in [0.15, 0.2) is 0 Å². The van der Waals surface area contributed by atoms with Gasteiger partial charge in [0.05, 0.1) is 12.1 Å². The SMILES string of the molecule is CC(NC(=O)C(NC(=O)C(N)CCCCN)C(C)O)C(=O)NC(CCC(=O)O)C(=O)O. The number of hydrogen-bond donors (Lipinski definition) is 8. The van der Waals surface area contributed by atoms with Crippen LogP contribution in [0.5, 0.6) is 0 Å². The van der Waals surface area contributed by atoms with Crippen molar-refractivity contribution in [3.8, 4) is 0 Å². The minimum absolute atomic E-state index is 0.336. The molecule has 5 unspecified atom stereocenters. The zero-order valence-corrected chi connectivity index (χ0v) is 17.7. The van der Waals surface area contributed by atoms with Crippen LogP contribution in [-0.4, -0.2) is 81.8 Å². The number of amides is 3. The van der Waals surface area contributed by atoms with Crippen molar-refractivity contribution in [2.45, 2.75) is 76.2 Å². The van der Waals surface area contributed by atoms with E-state index in [0.717, 1.165) is 0 Å². The number of aliphatic hydroxyl groups is 1. The van der Waals surface area contributed by atoms with Gasteiger partial charge >= 0.3 is 11.9 Å². The lowest BCUT2D eigenvalue weighted by Crippen LogP contribution is -2.59. The molecule has 0 aromatic carbocycles. The number of hydrogen-bond acceptors (Lipinski definition) is 8. The Morgan fingerprint density at radius 2 is 1.48 bits per heavy atom. The third kappa shape index (κ3) is 11.3. The summed E-state index contributed by atoms with van der Waals surface area (Å²) in [6, 6.07) is -4.99. The van der Waals surface area contributed by atoms with E-state index in [1.807, 2.05) is 0 Å². The van der Waals surface area contributed by atoms with Gasteiger partial charge < -0.3 is 42.7 Å². The normalized spacial score (nSPS) is 15.6. The standard InChI is InChI=1S/C18H33N5O8/c1-9(15(27)22-12(18(30)31)6-7-13(25)26)21-17(29)14(10(2)24)23-16(28)11(20)5-3-4-8-19/h9-12,14,24H,3-8,19-20H2,1-2H3,(H,21,29)(H,22,27)(H,23,28)(H,25,26)(H,30,31). The second-order valence-corrected chi connectivity index (χ2v) is 7.18. The van der Waals surface area contributed by atoms with Crippen LogP contribution >= 0.6 is 0 Å². The number of carboxylic acid groups (broad SMARTS) is 2. The summed E-state index contributed by atoms with van der Waals surface area (Å²) < 4.78 is 0. The predicted octanol–water partition coefficient (Wildman–Crippen LogP) is -2.75. The summed E-state index contributed by atoms with van der Waals surface area (Å²) >= 11 is 0. The molecule has 0 saturated heterocycles. The summed E-state index contributed by atoms with van der Waals surface area (Å²) in [4.78, 5) is 58.6. The first-order valence-corrected chi connectivity index (χ1v) is 9.90. The van der Waals surface area contributed by atoms with Crippen molar-refractivity contribution < 1.29 is 39.3 Å². The Morgan fingerprint density at radius 1 is 0.871 bits per heavy atom. The van der Waals surface area contributed by atoms with Gasteiger partial charge in [-0.2, -0.15) is 0 Å². The minimum atomic E-state index is -1.46. The molecule has 0 spiro atoms. The van der Waals surface area contributed by atoms with E-state index in [2.05, 4.69) is 16.0 Å². The van der Waals surface area contributed by atoms with E-state index >= 15 is 0 Å². The number of carbonyl (C=O) groups is 5. The molecular formula is C18H33N5O8. The van der Waals surface area contributed by atoms with E-state index in [4.69, 9.17) is 21.7 Å². The number of nitrogens with one attached hydrogen (secondary N) is 3. The molecule has 0 aromatic rings. The lowest BCUT2D eigenvalue weighted by molar-refractivity contribution is -0.143. The van der Waals surface area contributed by atoms with E-state index < -0.39 is 66.4 Å². The van der Waals surface area contributed by atoms with Crippen LogP contribution in [0.1, 0.15) is 46.0 Å². The van der Waals surface area contributed by atoms with Crippen LogP contribution in [0.4, 0.5) is 0 Å². The van der Waals surface area contributed by atoms with Gasteiger partial charge in [0.25, 0.3) is 0 Å². The smallest absolute Gasteiger partial charge is 0.326 e. The molecule has 0 aliphatic heterocycles. The summed E-state index contributed by atoms with van der Waals surface area (Å²) in [7, 11) is 0. The molecule has 0 saturated carbocycles. The number of unbranched alkanes of at least 4 members (excludes halogenated alkanes) is 1. The molecule has 0 rings (SSSR count). The van der Waals surface area contributed by atoms with Crippen molar-refractivity contribution >= 4 is 29.7 Å². The van der Waals surface area contributed by atoms with Crippen LogP contribution in [-0.2, 0) is 24.0 Å². The molecule has 13 heteroatoms. The summed E-state index contributed by atoms with van der Waals surface area (Å²) in [5, 5.41) is 34.3. The van der Waals surface area contributed by atoms with Crippen LogP contribution in [0.3, 0.4) is 0 Å². The molecule has 0 heterocycles. The maximum absolute atomic E-state index is 12.4. The van der Waals surface area contributed by atoms with E-state index in [1.165, 1.54) is 13.8 Å². The minimum Gasteiger partial charge on any atom is -0.481 e. The van der Waals surface area contributed by atoms with E-state index in [9.17, 15) is 29.1 Å². The Bertz CT molecular complexity index is 642. The summed E-state index contributed by atoms with van der Waals surface area (Å²) in [5.74, 6) is -5.06. The topological polar surface area (TPSA) is 234 Å². The van der Waals surface area contributed by atoms with Gasteiger partial charge in [-0.25, -0.2) is 4.79 Å². The lowest BCUT2D eigenvalue weighted by atomic mass is 10.1. The maximum atomic E-state index is 12.4. The molecule has 0 aliphatic rings. The van der Waals surface area contributed by atoms with Gasteiger partial charge in [-0.05, 0) is 39.7 Å². The fraction of sp³-hybridized carbons (Fsp3) is 0.722. The Hall–Kier alpha value is -2.77. The quantitative estimate of drug-likeness (QED) is 0.120. The number of rotatable bonds is 15. The third-order valence-corrected chi connectivity index (χ3v) is 4.38. The summed E-state index contributed by atoms with van der Waals surface area (Å²) in [6.07, 6.45) is -0.496. The average Bonchev–Trinajstić information content (AvgIpc) is 2.67.